The van der Waals surface area contributed by atoms with E-state index in [0.717, 1.165) is 11.3 Å². The van der Waals surface area contributed by atoms with Crippen molar-refractivity contribution in [1.82, 2.24) is 4.90 Å². The molecule has 166 valence electrons. The van der Waals surface area contributed by atoms with Gasteiger partial charge in [-0.25, -0.2) is 4.79 Å². The maximum absolute atomic E-state index is 12.9. The zero-order valence-corrected chi connectivity index (χ0v) is 18.3. The lowest BCUT2D eigenvalue weighted by Gasteiger charge is -2.20. The van der Waals surface area contributed by atoms with E-state index in [9.17, 15) is 19.7 Å². The summed E-state index contributed by atoms with van der Waals surface area (Å²) < 4.78 is 5.22. The molecular weight excluding hydrogens is 410 g/mol. The number of fused-ring (bicyclic) bond motifs is 1. The Morgan fingerprint density at radius 1 is 1.06 bits per heavy atom. The fourth-order valence-electron chi connectivity index (χ4n) is 3.55. The summed E-state index contributed by atoms with van der Waals surface area (Å²) in [5, 5.41) is 15.1. The van der Waals surface area contributed by atoms with E-state index in [0.29, 0.717) is 18.8 Å². The normalized spacial score (nSPS) is 13.6. The first-order valence-corrected chi connectivity index (χ1v) is 10.4. The van der Waals surface area contributed by atoms with Crippen molar-refractivity contribution >= 4 is 34.9 Å². The van der Waals surface area contributed by atoms with Crippen molar-refractivity contribution in [3.05, 3.63) is 81.0 Å². The number of benzene rings is 2. The number of anilines is 1. The molecule has 1 heterocycles. The van der Waals surface area contributed by atoms with Crippen LogP contribution in [-0.2, 0) is 9.53 Å². The maximum Gasteiger partial charge on any atom is 0.341 e. The zero-order chi connectivity index (χ0) is 23.3. The molecule has 0 aliphatic carbocycles. The molecule has 1 N–H and O–H groups in total. The van der Waals surface area contributed by atoms with E-state index in [1.54, 1.807) is 17.9 Å². The Morgan fingerprint density at radius 2 is 1.78 bits per heavy atom. The number of rotatable bonds is 7. The minimum absolute atomic E-state index is 0.0335. The van der Waals surface area contributed by atoms with Crippen molar-refractivity contribution in [1.29, 1.82) is 0 Å². The van der Waals surface area contributed by atoms with Gasteiger partial charge in [0.2, 0.25) is 0 Å². The van der Waals surface area contributed by atoms with E-state index in [4.69, 9.17) is 4.74 Å². The minimum Gasteiger partial charge on any atom is -0.462 e. The molecule has 0 radical (unpaired) electrons. The monoisotopic (exact) mass is 435 g/mol. The van der Waals surface area contributed by atoms with Crippen molar-refractivity contribution < 1.29 is 19.2 Å². The van der Waals surface area contributed by atoms with Gasteiger partial charge in [0.05, 0.1) is 28.4 Å². The van der Waals surface area contributed by atoms with Crippen LogP contribution in [0.3, 0.4) is 0 Å². The summed E-state index contributed by atoms with van der Waals surface area (Å²) >= 11 is 0. The molecule has 8 heteroatoms. The average Bonchev–Trinajstić information content (AvgIpc) is 2.80. The molecule has 0 aromatic heterocycles. The van der Waals surface area contributed by atoms with E-state index in [2.05, 4.69) is 5.32 Å². The molecule has 0 unspecified atom stereocenters. The van der Waals surface area contributed by atoms with Crippen molar-refractivity contribution in [2.24, 2.45) is 0 Å². The van der Waals surface area contributed by atoms with Gasteiger partial charge in [-0.1, -0.05) is 24.3 Å². The summed E-state index contributed by atoms with van der Waals surface area (Å²) in [6.45, 7) is 6.43. The van der Waals surface area contributed by atoms with Crippen LogP contribution in [0, 0.1) is 10.1 Å². The first-order chi connectivity index (χ1) is 15.4. The molecule has 0 saturated heterocycles. The van der Waals surface area contributed by atoms with Crippen LogP contribution in [0.4, 0.5) is 11.4 Å². The van der Waals surface area contributed by atoms with Crippen LogP contribution in [0.15, 0.2) is 54.2 Å². The van der Waals surface area contributed by atoms with Crippen LogP contribution in [0.1, 0.15) is 42.3 Å². The molecule has 2 aromatic carbocycles. The number of amides is 1. The van der Waals surface area contributed by atoms with Crippen LogP contribution in [-0.4, -0.2) is 41.4 Å². The molecular formula is C24H25N3O5. The van der Waals surface area contributed by atoms with Crippen molar-refractivity contribution in [2.45, 2.75) is 20.8 Å². The maximum atomic E-state index is 12.9. The predicted octanol–water partition coefficient (Wildman–Crippen LogP) is 4.49. The van der Waals surface area contributed by atoms with Gasteiger partial charge >= 0.3 is 5.97 Å². The van der Waals surface area contributed by atoms with Gasteiger partial charge in [0, 0.05) is 30.4 Å². The Labute approximate surface area is 186 Å². The second-order valence-corrected chi connectivity index (χ2v) is 7.02. The van der Waals surface area contributed by atoms with Crippen LogP contribution >= 0.6 is 0 Å². The van der Waals surface area contributed by atoms with Gasteiger partial charge in [-0.3, -0.25) is 14.9 Å². The molecule has 8 nitrogen and oxygen atoms in total. The third-order valence-corrected chi connectivity index (χ3v) is 5.17. The lowest BCUT2D eigenvalue weighted by atomic mass is 9.97. The number of nitro benzene ring substituents is 1. The average molecular weight is 435 g/mol. The van der Waals surface area contributed by atoms with Crippen LogP contribution < -0.4 is 5.32 Å². The highest BCUT2D eigenvalue weighted by molar-refractivity contribution is 6.20. The van der Waals surface area contributed by atoms with Crippen molar-refractivity contribution in [3.63, 3.8) is 0 Å². The first kappa shape index (κ1) is 22.7. The quantitative estimate of drug-likeness (QED) is 0.298. The molecule has 3 rings (SSSR count). The van der Waals surface area contributed by atoms with E-state index < -0.39 is 10.9 Å². The Hall–Kier alpha value is -3.94. The SMILES string of the molecule is CCOC(=O)C(=C1C=Cc2ccccc2N1)c1ccc(C(=O)N(CC)CC)cc1[N+](=O)[O-]. The molecule has 1 amide bonds. The van der Waals surface area contributed by atoms with Crippen LogP contribution in [0.2, 0.25) is 0 Å². The van der Waals surface area contributed by atoms with Gasteiger partial charge in [0.25, 0.3) is 11.6 Å². The summed E-state index contributed by atoms with van der Waals surface area (Å²) in [5.41, 5.74) is 2.04. The Morgan fingerprint density at radius 3 is 2.44 bits per heavy atom. The molecule has 1 aliphatic rings. The number of nitrogens with zero attached hydrogens (tertiary/aromatic N) is 2. The van der Waals surface area contributed by atoms with Gasteiger partial charge in [0.1, 0.15) is 0 Å². The number of carbonyl (C=O) groups is 2. The number of esters is 1. The molecule has 0 saturated carbocycles. The van der Waals surface area contributed by atoms with Gasteiger partial charge in [-0.2, -0.15) is 0 Å². The molecule has 0 bridgehead atoms. The molecule has 0 atom stereocenters. The third kappa shape index (κ3) is 4.54. The highest BCUT2D eigenvalue weighted by atomic mass is 16.6. The number of ether oxygens (including phenoxy) is 1. The molecule has 1 aliphatic heterocycles. The second-order valence-electron chi connectivity index (χ2n) is 7.02. The lowest BCUT2D eigenvalue weighted by Crippen LogP contribution is -2.30. The highest BCUT2D eigenvalue weighted by Gasteiger charge is 2.29. The minimum atomic E-state index is -0.690. The van der Waals surface area contributed by atoms with Crippen molar-refractivity contribution in [3.8, 4) is 0 Å². The van der Waals surface area contributed by atoms with Gasteiger partial charge < -0.3 is 15.0 Å². The second kappa shape index (κ2) is 9.91. The number of nitro groups is 1. The van der Waals surface area contributed by atoms with E-state index in [1.807, 2.05) is 44.2 Å². The number of hydrogen-bond acceptors (Lipinski definition) is 6. The Kier molecular flexibility index (Phi) is 7.04. The molecule has 32 heavy (non-hydrogen) atoms. The number of hydrogen-bond donors (Lipinski definition) is 1. The summed E-state index contributed by atoms with van der Waals surface area (Å²) in [7, 11) is 0. The number of allylic oxidation sites excluding steroid dienone is 1. The summed E-state index contributed by atoms with van der Waals surface area (Å²) in [6, 6.07) is 11.7. The largest absolute Gasteiger partial charge is 0.462 e. The Balaban J connectivity index is 2.17. The number of carbonyl (C=O) groups excluding carboxylic acids is 2. The summed E-state index contributed by atoms with van der Waals surface area (Å²) in [4.78, 5) is 38.5. The standard InChI is InChI=1S/C24H25N3O5/c1-4-26(5-2)23(28)17-11-13-18(21(15-17)27(30)31)22(24(29)32-6-3)20-14-12-16-9-7-8-10-19(16)25-20/h7-15,25H,4-6H2,1-3H3. The van der Waals surface area contributed by atoms with Gasteiger partial charge in [-0.05, 0) is 50.6 Å². The van der Waals surface area contributed by atoms with E-state index >= 15 is 0 Å². The fourth-order valence-corrected chi connectivity index (χ4v) is 3.55. The van der Waals surface area contributed by atoms with E-state index in [-0.39, 0.29) is 34.9 Å². The topological polar surface area (TPSA) is 102 Å². The molecule has 2 aromatic rings. The molecule has 0 spiro atoms. The predicted molar refractivity (Wildman–Crippen MR) is 123 cm³/mol. The van der Waals surface area contributed by atoms with Gasteiger partial charge in [-0.15, -0.1) is 0 Å². The first-order valence-electron chi connectivity index (χ1n) is 10.4. The summed E-state index contributed by atoms with van der Waals surface area (Å²) in [6.07, 6.45) is 3.51. The third-order valence-electron chi connectivity index (χ3n) is 5.17. The highest BCUT2D eigenvalue weighted by Crippen LogP contribution is 2.34. The summed E-state index contributed by atoms with van der Waals surface area (Å²) in [5.74, 6) is -0.996. The fraction of sp³-hybridized carbons (Fsp3) is 0.250. The number of para-hydroxylation sites is 1. The smallest absolute Gasteiger partial charge is 0.341 e. The van der Waals surface area contributed by atoms with Gasteiger partial charge in [0.15, 0.2) is 0 Å². The lowest BCUT2D eigenvalue weighted by molar-refractivity contribution is -0.385. The Bertz CT molecular complexity index is 1120. The van der Waals surface area contributed by atoms with Crippen LogP contribution in [0.5, 0.6) is 0 Å². The van der Waals surface area contributed by atoms with Crippen molar-refractivity contribution in [2.75, 3.05) is 25.0 Å². The molecule has 0 fully saturated rings. The van der Waals surface area contributed by atoms with Crippen LogP contribution in [0.25, 0.3) is 11.6 Å². The van der Waals surface area contributed by atoms with E-state index in [1.165, 1.54) is 18.2 Å². The zero-order valence-electron chi connectivity index (χ0n) is 18.3. The number of nitrogens with one attached hydrogen (secondary N) is 1.